The van der Waals surface area contributed by atoms with E-state index in [1.165, 1.54) is 0 Å². The molecule has 8 heteroatoms. The minimum Gasteiger partial charge on any atom is -0.490 e. The Morgan fingerprint density at radius 1 is 0.969 bits per heavy atom. The summed E-state index contributed by atoms with van der Waals surface area (Å²) in [6.45, 7) is 8.52. The van der Waals surface area contributed by atoms with Crippen molar-refractivity contribution in [3.8, 4) is 11.4 Å². The first-order chi connectivity index (χ1) is 15.3. The first-order valence-corrected chi connectivity index (χ1v) is 11.4. The molecule has 0 bridgehead atoms. The molecule has 2 fully saturated rings. The maximum absolute atomic E-state index is 12.5. The van der Waals surface area contributed by atoms with Crippen LogP contribution in [0.3, 0.4) is 0 Å². The Labute approximate surface area is 189 Å². The number of carbonyl (C=O) groups excluding carboxylic acids is 2. The number of hydrogen-bond acceptors (Lipinski definition) is 5. The van der Waals surface area contributed by atoms with Gasteiger partial charge in [0.1, 0.15) is 17.5 Å². The molecule has 0 spiro atoms. The summed E-state index contributed by atoms with van der Waals surface area (Å²) >= 11 is 0. The molecule has 3 heterocycles. The van der Waals surface area contributed by atoms with Crippen LogP contribution in [0.2, 0.25) is 0 Å². The summed E-state index contributed by atoms with van der Waals surface area (Å²) in [6.07, 6.45) is 6.88. The molecule has 2 saturated heterocycles. The van der Waals surface area contributed by atoms with Gasteiger partial charge >= 0.3 is 6.09 Å². The molecule has 1 aromatic carbocycles. The monoisotopic (exact) mass is 440 g/mol. The average molecular weight is 441 g/mol. The van der Waals surface area contributed by atoms with E-state index in [1.807, 2.05) is 49.9 Å². The van der Waals surface area contributed by atoms with Gasteiger partial charge in [0.2, 0.25) is 0 Å². The number of piperidine rings is 1. The van der Waals surface area contributed by atoms with Gasteiger partial charge in [-0.25, -0.2) is 9.48 Å². The molecule has 8 nitrogen and oxygen atoms in total. The minimum atomic E-state index is -0.483. The maximum atomic E-state index is 12.5. The molecule has 0 saturated carbocycles. The maximum Gasteiger partial charge on any atom is 0.410 e. The van der Waals surface area contributed by atoms with Crippen LogP contribution in [0.5, 0.6) is 5.75 Å². The number of amides is 2. The molecular weight excluding hydrogens is 408 g/mol. The van der Waals surface area contributed by atoms with Crippen LogP contribution in [-0.4, -0.2) is 69.5 Å². The van der Waals surface area contributed by atoms with Crippen molar-refractivity contribution in [2.75, 3.05) is 26.2 Å². The Kier molecular flexibility index (Phi) is 6.39. The molecule has 2 aliphatic rings. The van der Waals surface area contributed by atoms with Crippen molar-refractivity contribution in [3.63, 3.8) is 0 Å². The standard InChI is InChI=1S/C24H32N4O4/c1-24(2,3)32-23(30)27-14-10-21(11-15-27)31-20-8-6-19(7-9-20)28-17-18(16-25-28)22(29)26-12-4-5-13-26/h6-9,16-17,21H,4-5,10-15H2,1-3H3. The Balaban J connectivity index is 1.29. The predicted molar refractivity (Wildman–Crippen MR) is 120 cm³/mol. The molecule has 32 heavy (non-hydrogen) atoms. The van der Waals surface area contributed by atoms with Gasteiger partial charge in [-0.05, 0) is 57.9 Å². The number of hydrogen-bond donors (Lipinski definition) is 0. The van der Waals surface area contributed by atoms with Crippen molar-refractivity contribution < 1.29 is 19.1 Å². The zero-order chi connectivity index (χ0) is 22.7. The Morgan fingerprint density at radius 2 is 1.62 bits per heavy atom. The third-order valence-corrected chi connectivity index (χ3v) is 5.72. The van der Waals surface area contributed by atoms with E-state index in [0.717, 1.165) is 50.2 Å². The highest BCUT2D eigenvalue weighted by molar-refractivity contribution is 5.94. The van der Waals surface area contributed by atoms with Gasteiger partial charge in [0.15, 0.2) is 0 Å². The van der Waals surface area contributed by atoms with Crippen LogP contribution in [0.4, 0.5) is 4.79 Å². The fourth-order valence-electron chi connectivity index (χ4n) is 4.03. The van der Waals surface area contributed by atoms with Crippen molar-refractivity contribution in [2.45, 2.75) is 58.2 Å². The number of likely N-dealkylation sites (tertiary alicyclic amines) is 2. The lowest BCUT2D eigenvalue weighted by atomic mass is 10.1. The molecule has 2 amide bonds. The van der Waals surface area contributed by atoms with E-state index >= 15 is 0 Å². The predicted octanol–water partition coefficient (Wildman–Crippen LogP) is 3.89. The molecule has 0 N–H and O–H groups in total. The molecular formula is C24H32N4O4. The van der Waals surface area contributed by atoms with E-state index in [9.17, 15) is 9.59 Å². The Morgan fingerprint density at radius 3 is 2.25 bits per heavy atom. The number of nitrogens with zero attached hydrogens (tertiary/aromatic N) is 4. The quantitative estimate of drug-likeness (QED) is 0.721. The van der Waals surface area contributed by atoms with Crippen molar-refractivity contribution in [2.24, 2.45) is 0 Å². The molecule has 172 valence electrons. The third-order valence-electron chi connectivity index (χ3n) is 5.72. The summed E-state index contributed by atoms with van der Waals surface area (Å²) in [7, 11) is 0. The Hall–Kier alpha value is -3.03. The average Bonchev–Trinajstić information content (AvgIpc) is 3.46. The molecule has 0 atom stereocenters. The molecule has 2 aliphatic heterocycles. The van der Waals surface area contributed by atoms with E-state index in [1.54, 1.807) is 22.0 Å². The number of ether oxygens (including phenoxy) is 2. The first kappa shape index (κ1) is 22.2. The topological polar surface area (TPSA) is 76.9 Å². The van der Waals surface area contributed by atoms with Gasteiger partial charge in [0.25, 0.3) is 5.91 Å². The van der Waals surface area contributed by atoms with Crippen LogP contribution in [-0.2, 0) is 4.74 Å². The highest BCUT2D eigenvalue weighted by Crippen LogP contribution is 2.22. The van der Waals surface area contributed by atoms with Gasteiger partial charge in [-0.15, -0.1) is 0 Å². The van der Waals surface area contributed by atoms with E-state index < -0.39 is 5.60 Å². The number of carbonyl (C=O) groups is 2. The van der Waals surface area contributed by atoms with Gasteiger partial charge < -0.3 is 19.3 Å². The fourth-order valence-corrected chi connectivity index (χ4v) is 4.03. The highest BCUT2D eigenvalue weighted by Gasteiger charge is 2.27. The lowest BCUT2D eigenvalue weighted by Crippen LogP contribution is -2.44. The van der Waals surface area contributed by atoms with E-state index in [4.69, 9.17) is 9.47 Å². The molecule has 4 rings (SSSR count). The first-order valence-electron chi connectivity index (χ1n) is 11.4. The van der Waals surface area contributed by atoms with E-state index in [-0.39, 0.29) is 18.1 Å². The van der Waals surface area contributed by atoms with Crippen molar-refractivity contribution >= 4 is 12.0 Å². The molecule has 1 aromatic heterocycles. The second-order valence-corrected chi connectivity index (χ2v) is 9.45. The summed E-state index contributed by atoms with van der Waals surface area (Å²) in [6, 6.07) is 7.70. The minimum absolute atomic E-state index is 0.0476. The van der Waals surface area contributed by atoms with E-state index in [0.29, 0.717) is 18.7 Å². The number of rotatable bonds is 4. The van der Waals surface area contributed by atoms with Gasteiger partial charge in [0, 0.05) is 45.2 Å². The van der Waals surface area contributed by atoms with Crippen LogP contribution in [0.1, 0.15) is 56.8 Å². The van der Waals surface area contributed by atoms with Gasteiger partial charge in [-0.1, -0.05) is 0 Å². The van der Waals surface area contributed by atoms with Crippen LogP contribution in [0.15, 0.2) is 36.7 Å². The van der Waals surface area contributed by atoms with Gasteiger partial charge in [-0.2, -0.15) is 5.10 Å². The summed E-state index contributed by atoms with van der Waals surface area (Å²) in [4.78, 5) is 28.3. The lowest BCUT2D eigenvalue weighted by Gasteiger charge is -2.33. The molecule has 0 aliphatic carbocycles. The normalized spacial score (nSPS) is 17.5. The van der Waals surface area contributed by atoms with Crippen molar-refractivity contribution in [3.05, 3.63) is 42.2 Å². The number of benzene rings is 1. The van der Waals surface area contributed by atoms with Crippen LogP contribution in [0.25, 0.3) is 5.69 Å². The Bertz CT molecular complexity index is 934. The highest BCUT2D eigenvalue weighted by atomic mass is 16.6. The van der Waals surface area contributed by atoms with Gasteiger partial charge in [-0.3, -0.25) is 4.79 Å². The largest absolute Gasteiger partial charge is 0.490 e. The second-order valence-electron chi connectivity index (χ2n) is 9.45. The molecule has 0 unspecified atom stereocenters. The summed E-state index contributed by atoms with van der Waals surface area (Å²) in [5.41, 5.74) is 1.00. The van der Waals surface area contributed by atoms with E-state index in [2.05, 4.69) is 5.10 Å². The zero-order valence-electron chi connectivity index (χ0n) is 19.1. The van der Waals surface area contributed by atoms with Crippen LogP contribution < -0.4 is 4.74 Å². The zero-order valence-corrected chi connectivity index (χ0v) is 19.1. The fraction of sp³-hybridized carbons (Fsp3) is 0.542. The lowest BCUT2D eigenvalue weighted by molar-refractivity contribution is 0.0126. The summed E-state index contributed by atoms with van der Waals surface area (Å²) < 4.78 is 13.3. The number of aromatic nitrogens is 2. The SMILES string of the molecule is CC(C)(C)OC(=O)N1CCC(Oc2ccc(-n3cc(C(=O)N4CCCC4)cn3)cc2)CC1. The van der Waals surface area contributed by atoms with Crippen molar-refractivity contribution in [1.29, 1.82) is 0 Å². The summed E-state index contributed by atoms with van der Waals surface area (Å²) in [5.74, 6) is 0.830. The van der Waals surface area contributed by atoms with Crippen molar-refractivity contribution in [1.82, 2.24) is 19.6 Å². The summed E-state index contributed by atoms with van der Waals surface area (Å²) in [5, 5.41) is 4.35. The van der Waals surface area contributed by atoms with Crippen LogP contribution in [0, 0.1) is 0 Å². The smallest absolute Gasteiger partial charge is 0.410 e. The van der Waals surface area contributed by atoms with Crippen LogP contribution >= 0.6 is 0 Å². The molecule has 0 radical (unpaired) electrons. The molecule has 2 aromatic rings. The van der Waals surface area contributed by atoms with Gasteiger partial charge in [0.05, 0.1) is 17.4 Å². The second kappa shape index (κ2) is 9.22. The third kappa shape index (κ3) is 5.41.